The van der Waals surface area contributed by atoms with Crippen LogP contribution in [0.15, 0.2) is 18.6 Å². The number of nitrogens with zero attached hydrogens (tertiary/aromatic N) is 3. The lowest BCUT2D eigenvalue weighted by molar-refractivity contribution is 0.469. The minimum Gasteiger partial charge on any atom is -0.505 e. The van der Waals surface area contributed by atoms with Gasteiger partial charge >= 0.3 is 0 Å². The van der Waals surface area contributed by atoms with Crippen LogP contribution < -0.4 is 0 Å². The van der Waals surface area contributed by atoms with Crippen LogP contribution in [0.4, 0.5) is 0 Å². The largest absolute Gasteiger partial charge is 0.505 e. The predicted octanol–water partition coefficient (Wildman–Crippen LogP) is 1.78. The first-order chi connectivity index (χ1) is 6.79. The van der Waals surface area contributed by atoms with E-state index in [1.165, 1.54) is 6.20 Å². The van der Waals surface area contributed by atoms with Gasteiger partial charge in [-0.05, 0) is 12.8 Å². The molecule has 2 aromatic heterocycles. The normalized spacial score (nSPS) is 10.9. The predicted molar refractivity (Wildman–Crippen MR) is 53.3 cm³/mol. The highest BCUT2D eigenvalue weighted by Gasteiger charge is 2.02. The minimum absolute atomic E-state index is 0.164. The van der Waals surface area contributed by atoms with Crippen molar-refractivity contribution in [1.29, 1.82) is 0 Å². The number of fused-ring (bicyclic) bond motifs is 1. The van der Waals surface area contributed by atoms with Crippen LogP contribution in [0.5, 0.6) is 5.75 Å². The van der Waals surface area contributed by atoms with Crippen molar-refractivity contribution in [2.45, 2.75) is 26.2 Å². The summed E-state index contributed by atoms with van der Waals surface area (Å²) in [5.41, 5.74) is 1.03. The van der Waals surface area contributed by atoms with Crippen LogP contribution in [0, 0.1) is 0 Å². The zero-order valence-corrected chi connectivity index (χ0v) is 8.14. The van der Waals surface area contributed by atoms with Crippen molar-refractivity contribution in [2.75, 3.05) is 0 Å². The molecule has 0 aliphatic heterocycles. The Morgan fingerprint density at radius 1 is 1.43 bits per heavy atom. The number of hydrogen-bond acceptors (Lipinski definition) is 3. The summed E-state index contributed by atoms with van der Waals surface area (Å²) in [6, 6.07) is 0. The second kappa shape index (κ2) is 3.65. The van der Waals surface area contributed by atoms with E-state index in [4.69, 9.17) is 0 Å². The number of rotatable bonds is 3. The van der Waals surface area contributed by atoms with Gasteiger partial charge in [0.05, 0.1) is 18.1 Å². The summed E-state index contributed by atoms with van der Waals surface area (Å²) in [5, 5.41) is 9.20. The first kappa shape index (κ1) is 8.99. The van der Waals surface area contributed by atoms with Crippen LogP contribution in [-0.4, -0.2) is 19.5 Å². The van der Waals surface area contributed by atoms with E-state index in [1.807, 2.05) is 6.20 Å². The van der Waals surface area contributed by atoms with Gasteiger partial charge in [-0.2, -0.15) is 0 Å². The van der Waals surface area contributed by atoms with Crippen molar-refractivity contribution in [3.63, 3.8) is 0 Å². The Kier molecular flexibility index (Phi) is 2.35. The molecule has 0 atom stereocenters. The first-order valence-electron chi connectivity index (χ1n) is 4.82. The lowest BCUT2D eigenvalue weighted by Crippen LogP contribution is -1.84. The summed E-state index contributed by atoms with van der Waals surface area (Å²) in [5.74, 6) is 0.811. The number of imidazole rings is 1. The van der Waals surface area contributed by atoms with E-state index in [1.54, 1.807) is 10.6 Å². The third kappa shape index (κ3) is 1.69. The van der Waals surface area contributed by atoms with Crippen molar-refractivity contribution >= 4 is 5.78 Å². The Bertz CT molecular complexity index is 436. The van der Waals surface area contributed by atoms with E-state index in [9.17, 15) is 5.11 Å². The highest BCUT2D eigenvalue weighted by Crippen LogP contribution is 2.10. The summed E-state index contributed by atoms with van der Waals surface area (Å²) in [6.07, 6.45) is 8.21. The Labute approximate surface area is 82.2 Å². The molecule has 4 nitrogen and oxygen atoms in total. The molecule has 0 saturated carbocycles. The summed E-state index contributed by atoms with van der Waals surface area (Å²) in [4.78, 5) is 8.34. The number of aromatic nitrogens is 3. The van der Waals surface area contributed by atoms with Crippen LogP contribution in [-0.2, 0) is 6.42 Å². The maximum absolute atomic E-state index is 9.20. The van der Waals surface area contributed by atoms with Crippen molar-refractivity contribution < 1.29 is 5.11 Å². The number of aromatic hydroxyl groups is 1. The Hall–Kier alpha value is -1.58. The van der Waals surface area contributed by atoms with Crippen LogP contribution in [0.2, 0.25) is 0 Å². The lowest BCUT2D eigenvalue weighted by atomic mass is 10.2. The SMILES string of the molecule is CCCCc1cn2cc(O)cnc2n1. The highest BCUT2D eigenvalue weighted by atomic mass is 16.3. The average molecular weight is 191 g/mol. The third-order valence-electron chi connectivity index (χ3n) is 2.13. The molecule has 0 amide bonds. The Morgan fingerprint density at radius 3 is 3.07 bits per heavy atom. The molecule has 0 spiro atoms. The van der Waals surface area contributed by atoms with Crippen molar-refractivity contribution in [1.82, 2.24) is 14.4 Å². The van der Waals surface area contributed by atoms with Gasteiger partial charge in [-0.1, -0.05) is 13.3 Å². The molecule has 2 aromatic rings. The second-order valence-corrected chi connectivity index (χ2v) is 3.36. The van der Waals surface area contributed by atoms with E-state index in [0.29, 0.717) is 5.78 Å². The van der Waals surface area contributed by atoms with Crippen LogP contribution >= 0.6 is 0 Å². The molecular weight excluding hydrogens is 178 g/mol. The maximum Gasteiger partial charge on any atom is 0.234 e. The second-order valence-electron chi connectivity index (χ2n) is 3.36. The third-order valence-corrected chi connectivity index (χ3v) is 2.13. The molecule has 0 aliphatic carbocycles. The van der Waals surface area contributed by atoms with E-state index in [-0.39, 0.29) is 5.75 Å². The fourth-order valence-electron chi connectivity index (χ4n) is 1.40. The Balaban J connectivity index is 2.32. The lowest BCUT2D eigenvalue weighted by Gasteiger charge is -1.91. The molecule has 0 saturated heterocycles. The molecule has 14 heavy (non-hydrogen) atoms. The monoisotopic (exact) mass is 191 g/mol. The van der Waals surface area contributed by atoms with Gasteiger partial charge in [0.25, 0.3) is 0 Å². The summed E-state index contributed by atoms with van der Waals surface area (Å²) >= 11 is 0. The molecule has 0 bridgehead atoms. The van der Waals surface area contributed by atoms with E-state index >= 15 is 0 Å². The molecule has 0 fully saturated rings. The molecule has 0 aromatic carbocycles. The number of aryl methyl sites for hydroxylation is 1. The summed E-state index contributed by atoms with van der Waals surface area (Å²) < 4.78 is 1.75. The van der Waals surface area contributed by atoms with Gasteiger partial charge < -0.3 is 5.11 Å². The highest BCUT2D eigenvalue weighted by molar-refractivity contribution is 5.33. The van der Waals surface area contributed by atoms with E-state index in [2.05, 4.69) is 16.9 Å². The standard InChI is InChI=1S/C10H13N3O/c1-2-3-4-8-6-13-7-9(14)5-11-10(13)12-8/h5-7,14H,2-4H2,1H3. The Morgan fingerprint density at radius 2 is 2.29 bits per heavy atom. The minimum atomic E-state index is 0.164. The van der Waals surface area contributed by atoms with E-state index in [0.717, 1.165) is 25.0 Å². The van der Waals surface area contributed by atoms with Gasteiger partial charge in [0.2, 0.25) is 5.78 Å². The van der Waals surface area contributed by atoms with Gasteiger partial charge in [-0.25, -0.2) is 9.97 Å². The molecule has 2 heterocycles. The molecule has 1 N–H and O–H groups in total. The fourth-order valence-corrected chi connectivity index (χ4v) is 1.40. The van der Waals surface area contributed by atoms with Gasteiger partial charge in [-0.15, -0.1) is 0 Å². The zero-order valence-electron chi connectivity index (χ0n) is 8.14. The summed E-state index contributed by atoms with van der Waals surface area (Å²) in [6.45, 7) is 2.15. The molecule has 0 unspecified atom stereocenters. The quantitative estimate of drug-likeness (QED) is 0.804. The van der Waals surface area contributed by atoms with Gasteiger partial charge in [0, 0.05) is 6.20 Å². The molecular formula is C10H13N3O. The number of unbranched alkanes of at least 4 members (excludes halogenated alkanes) is 1. The molecule has 4 heteroatoms. The molecule has 0 aliphatic rings. The van der Waals surface area contributed by atoms with Gasteiger partial charge in [0.1, 0.15) is 0 Å². The van der Waals surface area contributed by atoms with E-state index < -0.39 is 0 Å². The fraction of sp³-hybridized carbons (Fsp3) is 0.400. The zero-order chi connectivity index (χ0) is 9.97. The van der Waals surface area contributed by atoms with Gasteiger partial charge in [-0.3, -0.25) is 4.40 Å². The van der Waals surface area contributed by atoms with Gasteiger partial charge in [0.15, 0.2) is 5.75 Å². The molecule has 0 radical (unpaired) electrons. The molecule has 2 rings (SSSR count). The first-order valence-corrected chi connectivity index (χ1v) is 4.82. The van der Waals surface area contributed by atoms with Crippen LogP contribution in [0.25, 0.3) is 5.78 Å². The van der Waals surface area contributed by atoms with Crippen molar-refractivity contribution in [3.8, 4) is 5.75 Å². The molecule has 74 valence electrons. The van der Waals surface area contributed by atoms with Crippen molar-refractivity contribution in [2.24, 2.45) is 0 Å². The summed E-state index contributed by atoms with van der Waals surface area (Å²) in [7, 11) is 0. The van der Waals surface area contributed by atoms with Crippen LogP contribution in [0.1, 0.15) is 25.5 Å². The van der Waals surface area contributed by atoms with Crippen LogP contribution in [0.3, 0.4) is 0 Å². The number of hydrogen-bond donors (Lipinski definition) is 1. The maximum atomic E-state index is 9.20. The smallest absolute Gasteiger partial charge is 0.234 e. The van der Waals surface area contributed by atoms with Crippen molar-refractivity contribution in [3.05, 3.63) is 24.3 Å². The topological polar surface area (TPSA) is 50.4 Å². The average Bonchev–Trinajstić information content (AvgIpc) is 2.56.